The number of carbonyl (C=O) groups is 1. The van der Waals surface area contributed by atoms with Gasteiger partial charge in [-0.05, 0) is 23.3 Å². The maximum absolute atomic E-state index is 11.9. The number of aromatic nitrogens is 2. The molecule has 1 aromatic heterocycles. The van der Waals surface area contributed by atoms with Gasteiger partial charge in [0.1, 0.15) is 12.4 Å². The lowest BCUT2D eigenvalue weighted by Gasteiger charge is -2.39. The summed E-state index contributed by atoms with van der Waals surface area (Å²) in [6, 6.07) is 20.7. The molecule has 1 fully saturated rings. The van der Waals surface area contributed by atoms with E-state index in [0.29, 0.717) is 12.4 Å². The number of carbonyl (C=O) groups excluding carboxylic acids is 1. The predicted molar refractivity (Wildman–Crippen MR) is 126 cm³/mol. The zero-order valence-electron chi connectivity index (χ0n) is 17.9. The van der Waals surface area contributed by atoms with Gasteiger partial charge in [0.15, 0.2) is 0 Å². The van der Waals surface area contributed by atoms with Gasteiger partial charge in [0.2, 0.25) is 0 Å². The molecule has 2 aromatic carbocycles. The lowest BCUT2D eigenvalue weighted by molar-refractivity contribution is -0.120. The highest BCUT2D eigenvalue weighted by Gasteiger charge is 2.26. The summed E-state index contributed by atoms with van der Waals surface area (Å²) in [5.41, 5.74) is 2.54. The van der Waals surface area contributed by atoms with Crippen molar-refractivity contribution in [1.29, 1.82) is 0 Å². The van der Waals surface area contributed by atoms with Crippen molar-refractivity contribution < 1.29 is 9.53 Å². The van der Waals surface area contributed by atoms with E-state index in [1.54, 1.807) is 12.3 Å². The molecule has 0 radical (unpaired) electrons. The first kappa shape index (κ1) is 22.5. The first-order valence-electron chi connectivity index (χ1n) is 10.8. The molecule has 168 valence electrons. The van der Waals surface area contributed by atoms with Gasteiger partial charge < -0.3 is 10.1 Å². The van der Waals surface area contributed by atoms with Crippen molar-refractivity contribution in [3.63, 3.8) is 0 Å². The predicted octanol–water partition coefficient (Wildman–Crippen LogP) is 3.43. The third-order valence-electron chi connectivity index (χ3n) is 5.63. The molecule has 0 aliphatic carbocycles. The SMILES string of the molecule is O=C(COCCN1CCN(C(c2ccccc2)c2ccc(Cl)cc2)CC1)Nc1ccn[nH]1. The largest absolute Gasteiger partial charge is 0.370 e. The van der Waals surface area contributed by atoms with Crippen molar-refractivity contribution in [2.45, 2.75) is 6.04 Å². The van der Waals surface area contributed by atoms with Gasteiger partial charge in [0.25, 0.3) is 5.91 Å². The number of amides is 1. The summed E-state index contributed by atoms with van der Waals surface area (Å²) in [5.74, 6) is 0.385. The number of rotatable bonds is 9. The van der Waals surface area contributed by atoms with Crippen LogP contribution in [0.2, 0.25) is 5.02 Å². The molecule has 2 N–H and O–H groups in total. The molecule has 0 saturated carbocycles. The van der Waals surface area contributed by atoms with E-state index in [4.69, 9.17) is 16.3 Å². The van der Waals surface area contributed by atoms with Crippen LogP contribution in [0.3, 0.4) is 0 Å². The number of H-pyrrole nitrogens is 1. The molecular formula is C24H28ClN5O2. The van der Waals surface area contributed by atoms with Crippen molar-refractivity contribution in [2.24, 2.45) is 0 Å². The molecule has 1 aliphatic heterocycles. The van der Waals surface area contributed by atoms with E-state index >= 15 is 0 Å². The summed E-state index contributed by atoms with van der Waals surface area (Å²) in [6.45, 7) is 5.20. The number of ether oxygens (including phenoxy) is 1. The molecule has 1 saturated heterocycles. The van der Waals surface area contributed by atoms with Gasteiger partial charge in [-0.25, -0.2) is 0 Å². The zero-order chi connectivity index (χ0) is 22.2. The van der Waals surface area contributed by atoms with Crippen LogP contribution in [-0.4, -0.2) is 71.8 Å². The summed E-state index contributed by atoms with van der Waals surface area (Å²) < 4.78 is 5.56. The van der Waals surface area contributed by atoms with E-state index in [1.165, 1.54) is 11.1 Å². The average Bonchev–Trinajstić information content (AvgIpc) is 3.33. The minimum absolute atomic E-state index is 0.0334. The van der Waals surface area contributed by atoms with Crippen LogP contribution in [0.15, 0.2) is 66.9 Å². The monoisotopic (exact) mass is 453 g/mol. The number of anilines is 1. The van der Waals surface area contributed by atoms with Crippen LogP contribution in [0.1, 0.15) is 17.2 Å². The fourth-order valence-electron chi connectivity index (χ4n) is 4.01. The first-order valence-corrected chi connectivity index (χ1v) is 11.2. The van der Waals surface area contributed by atoms with Crippen molar-refractivity contribution in [1.82, 2.24) is 20.0 Å². The number of halogens is 1. The Morgan fingerprint density at radius 2 is 1.75 bits per heavy atom. The van der Waals surface area contributed by atoms with Crippen LogP contribution >= 0.6 is 11.6 Å². The Morgan fingerprint density at radius 3 is 2.44 bits per heavy atom. The topological polar surface area (TPSA) is 73.5 Å². The van der Waals surface area contributed by atoms with Gasteiger partial charge in [-0.1, -0.05) is 54.1 Å². The van der Waals surface area contributed by atoms with Crippen LogP contribution < -0.4 is 5.32 Å². The van der Waals surface area contributed by atoms with E-state index in [0.717, 1.165) is 37.7 Å². The highest BCUT2D eigenvalue weighted by molar-refractivity contribution is 6.30. The molecule has 32 heavy (non-hydrogen) atoms. The quantitative estimate of drug-likeness (QED) is 0.485. The minimum Gasteiger partial charge on any atom is -0.370 e. The van der Waals surface area contributed by atoms with Crippen molar-refractivity contribution in [3.8, 4) is 0 Å². The van der Waals surface area contributed by atoms with Crippen molar-refractivity contribution in [2.75, 3.05) is 51.3 Å². The lowest BCUT2D eigenvalue weighted by Crippen LogP contribution is -2.48. The highest BCUT2D eigenvalue weighted by atomic mass is 35.5. The van der Waals surface area contributed by atoms with E-state index in [9.17, 15) is 4.79 Å². The molecule has 1 amide bonds. The molecule has 2 heterocycles. The molecule has 8 heteroatoms. The van der Waals surface area contributed by atoms with E-state index < -0.39 is 0 Å². The van der Waals surface area contributed by atoms with Gasteiger partial charge >= 0.3 is 0 Å². The summed E-state index contributed by atoms with van der Waals surface area (Å²) in [5, 5.41) is 9.95. The molecule has 4 rings (SSSR count). The molecule has 0 bridgehead atoms. The third-order valence-corrected chi connectivity index (χ3v) is 5.88. The number of aromatic amines is 1. The number of piperazine rings is 1. The molecule has 0 spiro atoms. The van der Waals surface area contributed by atoms with Crippen LogP contribution in [0, 0.1) is 0 Å². The molecule has 1 atom stereocenters. The van der Waals surface area contributed by atoms with Crippen LogP contribution in [0.5, 0.6) is 0 Å². The molecule has 1 aliphatic rings. The number of hydrogen-bond donors (Lipinski definition) is 2. The Bertz CT molecular complexity index is 958. The molecular weight excluding hydrogens is 426 g/mol. The molecule has 3 aromatic rings. The van der Waals surface area contributed by atoms with E-state index in [1.807, 2.05) is 12.1 Å². The zero-order valence-corrected chi connectivity index (χ0v) is 18.7. The fraction of sp³-hybridized carbons (Fsp3) is 0.333. The smallest absolute Gasteiger partial charge is 0.251 e. The van der Waals surface area contributed by atoms with Gasteiger partial charge in [-0.3, -0.25) is 19.7 Å². The maximum atomic E-state index is 11.9. The molecule has 1 unspecified atom stereocenters. The highest BCUT2D eigenvalue weighted by Crippen LogP contribution is 2.30. The second-order valence-corrected chi connectivity index (χ2v) is 8.25. The second-order valence-electron chi connectivity index (χ2n) is 7.81. The standard InChI is InChI=1S/C24H28ClN5O2/c25-21-8-6-20(7-9-21)24(19-4-2-1-3-5-19)30-14-12-29(13-15-30)16-17-32-18-23(31)27-22-10-11-26-28-22/h1-11,24H,12-18H2,(H2,26,27,28,31). The summed E-state index contributed by atoms with van der Waals surface area (Å²) >= 11 is 6.12. The Balaban J connectivity index is 1.26. The normalized spacial score (nSPS) is 16.0. The number of benzene rings is 2. The van der Waals surface area contributed by atoms with E-state index in [2.05, 4.69) is 67.8 Å². The fourth-order valence-corrected chi connectivity index (χ4v) is 4.14. The molecule has 7 nitrogen and oxygen atoms in total. The Labute approximate surface area is 193 Å². The maximum Gasteiger partial charge on any atom is 0.251 e. The number of nitrogens with one attached hydrogen (secondary N) is 2. The summed E-state index contributed by atoms with van der Waals surface area (Å²) in [7, 11) is 0. The number of hydrogen-bond acceptors (Lipinski definition) is 5. The van der Waals surface area contributed by atoms with Crippen molar-refractivity contribution >= 4 is 23.3 Å². The summed E-state index contributed by atoms with van der Waals surface area (Å²) in [6.07, 6.45) is 1.59. The minimum atomic E-state index is -0.187. The summed E-state index contributed by atoms with van der Waals surface area (Å²) in [4.78, 5) is 16.8. The number of nitrogens with zero attached hydrogens (tertiary/aromatic N) is 3. The van der Waals surface area contributed by atoms with Crippen LogP contribution in [-0.2, 0) is 9.53 Å². The van der Waals surface area contributed by atoms with Gasteiger partial charge in [0, 0.05) is 43.8 Å². The lowest BCUT2D eigenvalue weighted by atomic mass is 9.96. The Morgan fingerprint density at radius 1 is 1.03 bits per heavy atom. The van der Waals surface area contributed by atoms with Crippen LogP contribution in [0.25, 0.3) is 0 Å². The second kappa shape index (κ2) is 11.2. The Kier molecular flexibility index (Phi) is 7.90. The first-order chi connectivity index (χ1) is 15.7. The van der Waals surface area contributed by atoms with Gasteiger partial charge in [-0.15, -0.1) is 0 Å². The third kappa shape index (κ3) is 6.17. The van der Waals surface area contributed by atoms with E-state index in [-0.39, 0.29) is 18.6 Å². The van der Waals surface area contributed by atoms with Crippen LogP contribution in [0.4, 0.5) is 5.82 Å². The van der Waals surface area contributed by atoms with Gasteiger partial charge in [-0.2, -0.15) is 5.10 Å². The van der Waals surface area contributed by atoms with Crippen molar-refractivity contribution in [3.05, 3.63) is 83.0 Å². The average molecular weight is 454 g/mol. The van der Waals surface area contributed by atoms with Gasteiger partial charge in [0.05, 0.1) is 18.8 Å². The Hall–Kier alpha value is -2.71.